The van der Waals surface area contributed by atoms with E-state index in [4.69, 9.17) is 20.8 Å². The van der Waals surface area contributed by atoms with Crippen LogP contribution in [0, 0.1) is 10.1 Å². The largest absolute Gasteiger partial charge is 0.464 e. The van der Waals surface area contributed by atoms with Gasteiger partial charge in [-0.25, -0.2) is 0 Å². The first kappa shape index (κ1) is 20.9. The summed E-state index contributed by atoms with van der Waals surface area (Å²) in [6, 6.07) is 7.77. The van der Waals surface area contributed by atoms with E-state index in [1.807, 2.05) is 6.07 Å². The third-order valence-electron chi connectivity index (χ3n) is 5.30. The zero-order valence-corrected chi connectivity index (χ0v) is 17.4. The number of furan rings is 1. The van der Waals surface area contributed by atoms with Gasteiger partial charge >= 0.3 is 5.97 Å². The highest BCUT2D eigenvalue weighted by Crippen LogP contribution is 2.31. The SMILES string of the molecule is C[C@@H](OC(=O)Cc1coc2cc3c(cc12)CCC3)C(=O)Nc1ccc([N+](=O)[O-])cc1Cl. The number of hydrogen-bond donors (Lipinski definition) is 1. The fourth-order valence-corrected chi connectivity index (χ4v) is 3.91. The van der Waals surface area contributed by atoms with Crippen LogP contribution in [-0.2, 0) is 33.6 Å². The molecule has 0 bridgehead atoms. The summed E-state index contributed by atoms with van der Waals surface area (Å²) in [5.41, 5.74) is 4.00. The minimum atomic E-state index is -1.08. The van der Waals surface area contributed by atoms with Crippen molar-refractivity contribution in [1.29, 1.82) is 0 Å². The molecule has 0 radical (unpaired) electrons. The average molecular weight is 443 g/mol. The molecule has 0 spiro atoms. The lowest BCUT2D eigenvalue weighted by molar-refractivity contribution is -0.384. The summed E-state index contributed by atoms with van der Waals surface area (Å²) >= 11 is 5.98. The Hall–Kier alpha value is -3.39. The van der Waals surface area contributed by atoms with Crippen molar-refractivity contribution in [3.05, 3.63) is 68.4 Å². The summed E-state index contributed by atoms with van der Waals surface area (Å²) < 4.78 is 10.9. The fraction of sp³-hybridized carbons (Fsp3) is 0.273. The molecule has 0 saturated heterocycles. The summed E-state index contributed by atoms with van der Waals surface area (Å²) in [5.74, 6) is -1.17. The second-order valence-corrected chi connectivity index (χ2v) is 7.86. The predicted molar refractivity (Wildman–Crippen MR) is 114 cm³/mol. The maximum Gasteiger partial charge on any atom is 0.311 e. The van der Waals surface area contributed by atoms with Crippen molar-refractivity contribution in [2.24, 2.45) is 0 Å². The molecule has 0 saturated carbocycles. The van der Waals surface area contributed by atoms with Crippen molar-refractivity contribution in [3.63, 3.8) is 0 Å². The van der Waals surface area contributed by atoms with E-state index in [9.17, 15) is 19.7 Å². The van der Waals surface area contributed by atoms with E-state index in [-0.39, 0.29) is 22.8 Å². The predicted octanol–water partition coefficient (Wildman–Crippen LogP) is 4.60. The molecule has 31 heavy (non-hydrogen) atoms. The Labute approximate surface area is 182 Å². The highest BCUT2D eigenvalue weighted by atomic mass is 35.5. The maximum atomic E-state index is 12.4. The van der Waals surface area contributed by atoms with Crippen LogP contribution < -0.4 is 5.32 Å². The quantitative estimate of drug-likeness (QED) is 0.339. The van der Waals surface area contributed by atoms with Gasteiger partial charge in [0.1, 0.15) is 5.58 Å². The number of fused-ring (bicyclic) bond motifs is 2. The Bertz CT molecular complexity index is 1200. The number of amides is 1. The molecule has 4 rings (SSSR count). The Morgan fingerprint density at radius 3 is 2.71 bits per heavy atom. The smallest absolute Gasteiger partial charge is 0.311 e. The number of rotatable bonds is 6. The average Bonchev–Trinajstić information content (AvgIpc) is 3.34. The van der Waals surface area contributed by atoms with Gasteiger partial charge in [0.15, 0.2) is 6.10 Å². The van der Waals surface area contributed by atoms with E-state index < -0.39 is 22.9 Å². The first-order valence-electron chi connectivity index (χ1n) is 9.78. The van der Waals surface area contributed by atoms with E-state index in [2.05, 4.69) is 11.4 Å². The molecule has 1 aliphatic rings. The van der Waals surface area contributed by atoms with Gasteiger partial charge < -0.3 is 14.5 Å². The Morgan fingerprint density at radius 1 is 1.26 bits per heavy atom. The highest BCUT2D eigenvalue weighted by Gasteiger charge is 2.22. The minimum Gasteiger partial charge on any atom is -0.464 e. The number of nitrogens with one attached hydrogen (secondary N) is 1. The number of carbonyl (C=O) groups excluding carboxylic acids is 2. The first-order valence-corrected chi connectivity index (χ1v) is 10.2. The van der Waals surface area contributed by atoms with Gasteiger partial charge in [0.2, 0.25) is 0 Å². The van der Waals surface area contributed by atoms with Crippen LogP contribution in [0.1, 0.15) is 30.0 Å². The molecule has 3 aromatic rings. The molecule has 1 aliphatic carbocycles. The molecule has 2 aromatic carbocycles. The molecular formula is C22H19ClN2O6. The summed E-state index contributed by atoms with van der Waals surface area (Å²) in [6.45, 7) is 1.44. The molecule has 9 heteroatoms. The number of halogens is 1. The fourth-order valence-electron chi connectivity index (χ4n) is 3.69. The van der Waals surface area contributed by atoms with Crippen LogP contribution in [0.3, 0.4) is 0 Å². The second kappa shape index (κ2) is 8.39. The number of nitrogens with zero attached hydrogens (tertiary/aromatic N) is 1. The highest BCUT2D eigenvalue weighted by molar-refractivity contribution is 6.34. The van der Waals surface area contributed by atoms with Crippen molar-refractivity contribution in [3.8, 4) is 0 Å². The molecule has 1 aromatic heterocycles. The van der Waals surface area contributed by atoms with Crippen LogP contribution in [0.25, 0.3) is 11.0 Å². The number of aryl methyl sites for hydroxylation is 2. The normalized spacial score (nSPS) is 13.6. The van der Waals surface area contributed by atoms with Gasteiger partial charge in [-0.05, 0) is 55.5 Å². The summed E-state index contributed by atoms with van der Waals surface area (Å²) in [7, 11) is 0. The van der Waals surface area contributed by atoms with E-state index in [1.54, 1.807) is 6.26 Å². The number of ether oxygens (including phenoxy) is 1. The van der Waals surface area contributed by atoms with Gasteiger partial charge in [-0.1, -0.05) is 11.6 Å². The molecule has 160 valence electrons. The third-order valence-corrected chi connectivity index (χ3v) is 5.61. The lowest BCUT2D eigenvalue weighted by Gasteiger charge is -2.14. The number of esters is 1. The third kappa shape index (κ3) is 4.39. The van der Waals surface area contributed by atoms with Gasteiger partial charge in [0.05, 0.1) is 28.3 Å². The number of hydrogen-bond acceptors (Lipinski definition) is 6. The van der Waals surface area contributed by atoms with E-state index in [1.165, 1.54) is 30.2 Å². The van der Waals surface area contributed by atoms with Crippen molar-refractivity contribution in [2.45, 2.75) is 38.7 Å². The number of benzene rings is 2. The topological polar surface area (TPSA) is 112 Å². The van der Waals surface area contributed by atoms with E-state index in [0.717, 1.165) is 36.3 Å². The minimum absolute atomic E-state index is 0.0125. The zero-order chi connectivity index (χ0) is 22.1. The van der Waals surface area contributed by atoms with Crippen molar-refractivity contribution < 1.29 is 23.7 Å². The first-order chi connectivity index (χ1) is 14.8. The van der Waals surface area contributed by atoms with Crippen LogP contribution in [0.15, 0.2) is 41.0 Å². The van der Waals surface area contributed by atoms with Crippen molar-refractivity contribution in [2.75, 3.05) is 5.32 Å². The van der Waals surface area contributed by atoms with E-state index >= 15 is 0 Å². The molecule has 1 atom stereocenters. The summed E-state index contributed by atoms with van der Waals surface area (Å²) in [6.07, 6.45) is 3.60. The van der Waals surface area contributed by atoms with Crippen molar-refractivity contribution >= 4 is 45.8 Å². The molecule has 8 nitrogen and oxygen atoms in total. The Balaban J connectivity index is 1.39. The molecule has 1 heterocycles. The van der Waals surface area contributed by atoms with E-state index in [0.29, 0.717) is 5.56 Å². The summed E-state index contributed by atoms with van der Waals surface area (Å²) in [5, 5.41) is 14.2. The molecule has 1 N–H and O–H groups in total. The van der Waals surface area contributed by atoms with Crippen LogP contribution in [-0.4, -0.2) is 22.9 Å². The Morgan fingerprint density at radius 2 is 2.00 bits per heavy atom. The van der Waals surface area contributed by atoms with Crippen LogP contribution in [0.2, 0.25) is 5.02 Å². The van der Waals surface area contributed by atoms with Gasteiger partial charge in [0, 0.05) is 23.1 Å². The number of non-ortho nitro benzene ring substituents is 1. The number of nitro groups is 1. The molecule has 0 unspecified atom stereocenters. The van der Waals surface area contributed by atoms with Crippen LogP contribution >= 0.6 is 11.6 Å². The molecule has 0 fully saturated rings. The zero-order valence-electron chi connectivity index (χ0n) is 16.6. The van der Waals surface area contributed by atoms with Gasteiger partial charge in [0.25, 0.3) is 11.6 Å². The maximum absolute atomic E-state index is 12.4. The molecular weight excluding hydrogens is 424 g/mol. The Kier molecular flexibility index (Phi) is 5.65. The standard InChI is InChI=1S/C22H19ClN2O6/c1-12(22(27)24-19-6-5-16(25(28)29)10-18(19)23)31-21(26)9-15-11-30-20-8-14-4-2-3-13(14)7-17(15)20/h5-8,10-12H,2-4,9H2,1H3,(H,24,27)/t12-/m1/s1. The lowest BCUT2D eigenvalue weighted by Crippen LogP contribution is -2.30. The van der Waals surface area contributed by atoms with Gasteiger partial charge in [-0.3, -0.25) is 19.7 Å². The molecule has 0 aliphatic heterocycles. The number of anilines is 1. The number of nitro benzene ring substituents is 1. The lowest BCUT2D eigenvalue weighted by atomic mass is 10.0. The van der Waals surface area contributed by atoms with Gasteiger partial charge in [-0.2, -0.15) is 0 Å². The van der Waals surface area contributed by atoms with Crippen LogP contribution in [0.5, 0.6) is 0 Å². The van der Waals surface area contributed by atoms with Crippen LogP contribution in [0.4, 0.5) is 11.4 Å². The van der Waals surface area contributed by atoms with Crippen molar-refractivity contribution in [1.82, 2.24) is 0 Å². The second-order valence-electron chi connectivity index (χ2n) is 7.45. The summed E-state index contributed by atoms with van der Waals surface area (Å²) in [4.78, 5) is 35.0. The number of carbonyl (C=O) groups is 2. The van der Waals surface area contributed by atoms with Gasteiger partial charge in [-0.15, -0.1) is 0 Å². The monoisotopic (exact) mass is 442 g/mol. The molecule has 1 amide bonds.